The summed E-state index contributed by atoms with van der Waals surface area (Å²) in [6, 6.07) is 26.6. The van der Waals surface area contributed by atoms with Gasteiger partial charge in [0, 0.05) is 30.3 Å². The van der Waals surface area contributed by atoms with E-state index in [4.69, 9.17) is 9.47 Å². The van der Waals surface area contributed by atoms with Crippen molar-refractivity contribution in [1.29, 1.82) is 0 Å². The minimum absolute atomic E-state index is 0.000555. The Hall–Kier alpha value is -2.82. The zero-order chi connectivity index (χ0) is 22.7. The fraction of sp³-hybridized carbons (Fsp3) is 0.357. The first-order valence-electron chi connectivity index (χ1n) is 11.3. The Balaban J connectivity index is 1.74. The van der Waals surface area contributed by atoms with E-state index in [0.29, 0.717) is 6.42 Å². The molecule has 32 heavy (non-hydrogen) atoms. The second-order valence-corrected chi connectivity index (χ2v) is 8.90. The fourth-order valence-electron chi connectivity index (χ4n) is 5.11. The molecule has 1 aliphatic heterocycles. The summed E-state index contributed by atoms with van der Waals surface area (Å²) in [7, 11) is 3.35. The van der Waals surface area contributed by atoms with Crippen LogP contribution in [-0.2, 0) is 6.42 Å². The van der Waals surface area contributed by atoms with Gasteiger partial charge in [0.05, 0.1) is 19.8 Å². The molecular formula is C28H33NO3. The van der Waals surface area contributed by atoms with Crippen LogP contribution in [-0.4, -0.2) is 24.9 Å². The molecule has 168 valence electrons. The quantitative estimate of drug-likeness (QED) is 0.553. The Bertz CT molecular complexity index is 942. The molecule has 0 aromatic heterocycles. The number of benzene rings is 3. The molecule has 0 saturated carbocycles. The molecule has 1 fully saturated rings. The SMILES string of the molecule is COc1ccc([C@H]2N[C@@H](c3ccc(OC)cc3)[C@@H](C)C(O)(Cc3ccccc3)[C@@H]2C)cc1. The van der Waals surface area contributed by atoms with E-state index in [1.54, 1.807) is 14.2 Å². The van der Waals surface area contributed by atoms with E-state index in [0.717, 1.165) is 28.2 Å². The maximum Gasteiger partial charge on any atom is 0.118 e. The van der Waals surface area contributed by atoms with E-state index < -0.39 is 5.60 Å². The van der Waals surface area contributed by atoms with Gasteiger partial charge in [0.2, 0.25) is 0 Å². The molecule has 2 N–H and O–H groups in total. The molecule has 1 unspecified atom stereocenters. The van der Waals surface area contributed by atoms with Crippen molar-refractivity contribution in [2.75, 3.05) is 14.2 Å². The van der Waals surface area contributed by atoms with Crippen LogP contribution in [0.4, 0.5) is 0 Å². The van der Waals surface area contributed by atoms with E-state index in [1.165, 1.54) is 0 Å². The monoisotopic (exact) mass is 431 g/mol. The average Bonchev–Trinajstić information content (AvgIpc) is 2.84. The van der Waals surface area contributed by atoms with Crippen molar-refractivity contribution in [3.05, 3.63) is 95.6 Å². The lowest BCUT2D eigenvalue weighted by atomic mass is 9.64. The second kappa shape index (κ2) is 9.35. The highest BCUT2D eigenvalue weighted by Crippen LogP contribution is 2.48. The lowest BCUT2D eigenvalue weighted by Gasteiger charge is -2.52. The van der Waals surface area contributed by atoms with Gasteiger partial charge in [-0.25, -0.2) is 0 Å². The molecule has 5 atom stereocenters. The summed E-state index contributed by atoms with van der Waals surface area (Å²) in [5.74, 6) is 1.66. The van der Waals surface area contributed by atoms with Crippen molar-refractivity contribution in [2.45, 2.75) is 38.0 Å². The molecule has 1 aliphatic rings. The number of hydrogen-bond acceptors (Lipinski definition) is 4. The Morgan fingerprint density at radius 1 is 0.719 bits per heavy atom. The first kappa shape index (κ1) is 22.4. The van der Waals surface area contributed by atoms with Crippen LogP contribution in [0.25, 0.3) is 0 Å². The minimum atomic E-state index is -0.887. The van der Waals surface area contributed by atoms with Gasteiger partial charge in [-0.15, -0.1) is 0 Å². The summed E-state index contributed by atoms with van der Waals surface area (Å²) in [5, 5.41) is 16.1. The van der Waals surface area contributed by atoms with Crippen LogP contribution >= 0.6 is 0 Å². The molecular weight excluding hydrogens is 398 g/mol. The zero-order valence-electron chi connectivity index (χ0n) is 19.3. The maximum atomic E-state index is 12.2. The van der Waals surface area contributed by atoms with E-state index in [2.05, 4.69) is 55.6 Å². The summed E-state index contributed by atoms with van der Waals surface area (Å²) in [4.78, 5) is 0. The number of methoxy groups -OCH3 is 2. The lowest BCUT2D eigenvalue weighted by Crippen LogP contribution is -2.58. The van der Waals surface area contributed by atoms with Crippen molar-refractivity contribution >= 4 is 0 Å². The number of nitrogens with one attached hydrogen (secondary N) is 1. The molecule has 0 radical (unpaired) electrons. The zero-order valence-corrected chi connectivity index (χ0v) is 19.3. The van der Waals surface area contributed by atoms with Gasteiger partial charge in [-0.2, -0.15) is 0 Å². The number of piperidine rings is 1. The molecule has 4 heteroatoms. The Morgan fingerprint density at radius 3 is 1.56 bits per heavy atom. The van der Waals surface area contributed by atoms with Crippen LogP contribution in [0.1, 0.15) is 42.6 Å². The normalized spacial score (nSPS) is 27.7. The third-order valence-corrected chi connectivity index (χ3v) is 7.22. The lowest BCUT2D eigenvalue weighted by molar-refractivity contribution is -0.110. The molecule has 0 spiro atoms. The molecule has 4 nitrogen and oxygen atoms in total. The molecule has 4 rings (SSSR count). The third kappa shape index (κ3) is 4.25. The van der Waals surface area contributed by atoms with Crippen molar-refractivity contribution in [3.8, 4) is 11.5 Å². The molecule has 0 amide bonds. The highest BCUT2D eigenvalue weighted by molar-refractivity contribution is 5.35. The predicted molar refractivity (Wildman–Crippen MR) is 128 cm³/mol. The number of aliphatic hydroxyl groups is 1. The van der Waals surface area contributed by atoms with Crippen LogP contribution < -0.4 is 14.8 Å². The van der Waals surface area contributed by atoms with Gasteiger partial charge in [0.15, 0.2) is 0 Å². The van der Waals surface area contributed by atoms with Crippen LogP contribution in [0, 0.1) is 11.8 Å². The standard InChI is InChI=1S/C28H33NO3/c1-19-26(22-10-14-24(31-3)15-11-22)29-27(23-12-16-25(32-4)17-13-23)20(2)28(19,30)18-21-8-6-5-7-9-21/h5-17,19-20,26-27,29-30H,18H2,1-4H3/t19-,20-,26-,27+,28?/m1/s1. The number of rotatable bonds is 6. The average molecular weight is 432 g/mol. The van der Waals surface area contributed by atoms with Crippen LogP contribution in [0.5, 0.6) is 11.5 Å². The van der Waals surface area contributed by atoms with Gasteiger partial charge < -0.3 is 19.9 Å². The Kier molecular flexibility index (Phi) is 6.54. The first-order chi connectivity index (χ1) is 15.5. The van der Waals surface area contributed by atoms with E-state index in [9.17, 15) is 5.11 Å². The molecule has 3 aromatic carbocycles. The number of ether oxygens (including phenoxy) is 2. The van der Waals surface area contributed by atoms with E-state index in [1.807, 2.05) is 42.5 Å². The summed E-state index contributed by atoms with van der Waals surface area (Å²) >= 11 is 0. The van der Waals surface area contributed by atoms with Crippen molar-refractivity contribution in [2.24, 2.45) is 11.8 Å². The van der Waals surface area contributed by atoms with Gasteiger partial charge >= 0.3 is 0 Å². The highest BCUT2D eigenvalue weighted by atomic mass is 16.5. The smallest absolute Gasteiger partial charge is 0.118 e. The van der Waals surface area contributed by atoms with E-state index >= 15 is 0 Å². The third-order valence-electron chi connectivity index (χ3n) is 7.22. The molecule has 3 aromatic rings. The minimum Gasteiger partial charge on any atom is -0.497 e. The summed E-state index contributed by atoms with van der Waals surface area (Å²) < 4.78 is 10.7. The fourth-order valence-corrected chi connectivity index (χ4v) is 5.11. The van der Waals surface area contributed by atoms with Gasteiger partial charge in [-0.3, -0.25) is 0 Å². The summed E-state index contributed by atoms with van der Waals surface area (Å²) in [5.41, 5.74) is 2.56. The van der Waals surface area contributed by atoms with Crippen molar-refractivity contribution in [3.63, 3.8) is 0 Å². The second-order valence-electron chi connectivity index (χ2n) is 8.90. The van der Waals surface area contributed by atoms with Gasteiger partial charge in [0.25, 0.3) is 0 Å². The predicted octanol–water partition coefficient (Wildman–Crippen LogP) is 5.34. The molecule has 0 aliphatic carbocycles. The molecule has 0 bridgehead atoms. The molecule has 1 heterocycles. The van der Waals surface area contributed by atoms with Crippen LogP contribution in [0.3, 0.4) is 0 Å². The van der Waals surface area contributed by atoms with Crippen LogP contribution in [0.15, 0.2) is 78.9 Å². The van der Waals surface area contributed by atoms with Crippen molar-refractivity contribution < 1.29 is 14.6 Å². The Morgan fingerprint density at radius 2 is 1.16 bits per heavy atom. The molecule has 1 saturated heterocycles. The summed E-state index contributed by atoms with van der Waals surface area (Å²) in [6.07, 6.45) is 0.608. The number of hydrogen-bond donors (Lipinski definition) is 2. The Labute approximate surface area is 191 Å². The maximum absolute atomic E-state index is 12.2. The summed E-state index contributed by atoms with van der Waals surface area (Å²) in [6.45, 7) is 4.32. The van der Waals surface area contributed by atoms with E-state index in [-0.39, 0.29) is 23.9 Å². The van der Waals surface area contributed by atoms with Gasteiger partial charge in [-0.05, 0) is 41.0 Å². The largest absolute Gasteiger partial charge is 0.497 e. The highest BCUT2D eigenvalue weighted by Gasteiger charge is 2.51. The topological polar surface area (TPSA) is 50.7 Å². The van der Waals surface area contributed by atoms with Crippen molar-refractivity contribution in [1.82, 2.24) is 5.32 Å². The first-order valence-corrected chi connectivity index (χ1v) is 11.3. The van der Waals surface area contributed by atoms with Gasteiger partial charge in [0.1, 0.15) is 11.5 Å². The van der Waals surface area contributed by atoms with Crippen LogP contribution in [0.2, 0.25) is 0 Å². The van der Waals surface area contributed by atoms with Gasteiger partial charge in [-0.1, -0.05) is 68.4 Å².